The van der Waals surface area contributed by atoms with Gasteiger partial charge in [-0.15, -0.1) is 0 Å². The predicted octanol–water partition coefficient (Wildman–Crippen LogP) is 2.91. The maximum absolute atomic E-state index is 4.44. The smallest absolute Gasteiger partial charge is 0.137 e. The van der Waals surface area contributed by atoms with Crippen molar-refractivity contribution in [2.24, 2.45) is 0 Å². The average Bonchev–Trinajstić information content (AvgIpc) is 3.05. The highest BCUT2D eigenvalue weighted by atomic mass is 14.8. The van der Waals surface area contributed by atoms with E-state index in [9.17, 15) is 0 Å². The van der Waals surface area contributed by atoms with Crippen LogP contribution in [0.25, 0.3) is 33.2 Å². The number of aromatic amines is 2. The van der Waals surface area contributed by atoms with Gasteiger partial charge in [-0.2, -0.15) is 0 Å². The summed E-state index contributed by atoms with van der Waals surface area (Å²) in [6.07, 6.45) is 7.37. The second kappa shape index (κ2) is 3.43. The van der Waals surface area contributed by atoms with Crippen LogP contribution in [-0.2, 0) is 0 Å². The lowest BCUT2D eigenvalue weighted by Crippen LogP contribution is -1.86. The molecule has 0 amide bonds. The molecule has 4 nitrogen and oxygen atoms in total. The molecular weight excluding hydrogens is 224 g/mol. The summed E-state index contributed by atoms with van der Waals surface area (Å²) in [5.74, 6) is 0. The number of aromatic nitrogens is 4. The lowest BCUT2D eigenvalue weighted by molar-refractivity contribution is 1.30. The molecule has 0 aliphatic carbocycles. The summed E-state index contributed by atoms with van der Waals surface area (Å²) in [6.45, 7) is 0. The Morgan fingerprint density at radius 3 is 2.94 bits per heavy atom. The Balaban J connectivity index is 2.03. The molecule has 4 aromatic rings. The first kappa shape index (κ1) is 9.41. The van der Waals surface area contributed by atoms with E-state index in [1.54, 1.807) is 12.4 Å². The molecule has 0 atom stereocenters. The average molecular weight is 233 g/mol. The molecule has 0 saturated carbocycles. The van der Waals surface area contributed by atoms with Gasteiger partial charge >= 0.3 is 0 Å². The number of hydrogen-bond donors (Lipinski definition) is 2. The molecule has 0 aliphatic heterocycles. The quantitative estimate of drug-likeness (QED) is 0.531. The van der Waals surface area contributed by atoms with Gasteiger partial charge in [-0.25, -0.2) is 4.98 Å². The molecule has 4 heteroatoms. The highest BCUT2D eigenvalue weighted by Crippen LogP contribution is 2.26. The van der Waals surface area contributed by atoms with Gasteiger partial charge in [0.1, 0.15) is 5.65 Å². The zero-order chi connectivity index (χ0) is 11.9. The van der Waals surface area contributed by atoms with Gasteiger partial charge in [-0.1, -0.05) is 0 Å². The van der Waals surface area contributed by atoms with E-state index in [0.717, 1.165) is 33.2 Å². The molecule has 18 heavy (non-hydrogen) atoms. The third-order valence-electron chi connectivity index (χ3n) is 3.05. The van der Waals surface area contributed by atoms with Gasteiger partial charge in [0, 0.05) is 52.7 Å². The maximum atomic E-state index is 4.44. The highest BCUT2D eigenvalue weighted by molar-refractivity contribution is 5.94. The summed E-state index contributed by atoms with van der Waals surface area (Å²) in [7, 11) is 0. The Kier molecular flexibility index (Phi) is 1.80. The molecule has 0 aliphatic rings. The van der Waals surface area contributed by atoms with Crippen molar-refractivity contribution in [2.75, 3.05) is 0 Å². The molecule has 0 aromatic carbocycles. The van der Waals surface area contributed by atoms with Gasteiger partial charge in [0.05, 0.1) is 5.69 Å². The number of hydrogen-bond acceptors (Lipinski definition) is 2. The Morgan fingerprint density at radius 2 is 1.94 bits per heavy atom. The van der Waals surface area contributed by atoms with Crippen molar-refractivity contribution >= 4 is 21.9 Å². The van der Waals surface area contributed by atoms with E-state index in [1.165, 1.54) is 0 Å². The van der Waals surface area contributed by atoms with E-state index in [1.807, 2.05) is 30.6 Å². The van der Waals surface area contributed by atoms with Gasteiger partial charge < -0.3 is 9.97 Å². The number of nitrogens with zero attached hydrogens (tertiary/aromatic N) is 2. The monoisotopic (exact) mass is 233 g/mol. The lowest BCUT2D eigenvalue weighted by Gasteiger charge is -2.01. The Hall–Kier alpha value is -2.62. The van der Waals surface area contributed by atoms with Gasteiger partial charge in [0.15, 0.2) is 0 Å². The molecule has 2 N–H and O–H groups in total. The summed E-state index contributed by atoms with van der Waals surface area (Å²) >= 11 is 0. The summed E-state index contributed by atoms with van der Waals surface area (Å²) in [4.78, 5) is 15.1. The molecule has 4 heterocycles. The number of pyridine rings is 2. The third-order valence-corrected chi connectivity index (χ3v) is 3.05. The molecule has 0 unspecified atom stereocenters. The number of rotatable bonds is 1. The minimum atomic E-state index is 0.847. The van der Waals surface area contributed by atoms with E-state index in [0.29, 0.717) is 0 Å². The highest BCUT2D eigenvalue weighted by Gasteiger charge is 2.08. The third kappa shape index (κ3) is 1.26. The van der Waals surface area contributed by atoms with E-state index in [2.05, 4.69) is 26.0 Å². The molecule has 4 rings (SSSR count). The van der Waals surface area contributed by atoms with E-state index >= 15 is 0 Å². The standard InChI is InChI=1S/C14H9N4/c1-4-17-14-9(1)7-10(8-18-14)13-11-2-5-15-12(11)3-6-16-13/h1-6,8,15H,(H,17,18). The van der Waals surface area contributed by atoms with Crippen LogP contribution in [0.4, 0.5) is 0 Å². The molecule has 0 spiro atoms. The summed E-state index contributed by atoms with van der Waals surface area (Å²) in [6, 6.07) is 9.28. The fraction of sp³-hybridized carbons (Fsp3) is 0. The molecule has 85 valence electrons. The first-order chi connectivity index (χ1) is 8.92. The van der Waals surface area contributed by atoms with Crippen LogP contribution < -0.4 is 0 Å². The Labute approximate surface area is 103 Å². The molecule has 1 radical (unpaired) electrons. The lowest BCUT2D eigenvalue weighted by atomic mass is 10.1. The van der Waals surface area contributed by atoms with Crippen molar-refractivity contribution in [1.82, 2.24) is 19.9 Å². The number of fused-ring (bicyclic) bond motifs is 2. The van der Waals surface area contributed by atoms with Gasteiger partial charge in [0.25, 0.3) is 0 Å². The summed E-state index contributed by atoms with van der Waals surface area (Å²) in [5, 5.41) is 2.06. The number of H-pyrrole nitrogens is 2. The van der Waals surface area contributed by atoms with Crippen LogP contribution in [0.1, 0.15) is 0 Å². The van der Waals surface area contributed by atoms with Crippen LogP contribution in [0.5, 0.6) is 0 Å². The van der Waals surface area contributed by atoms with Crippen LogP contribution in [0.2, 0.25) is 0 Å². The second-order valence-corrected chi connectivity index (χ2v) is 4.14. The van der Waals surface area contributed by atoms with Crippen LogP contribution >= 0.6 is 0 Å². The minimum absolute atomic E-state index is 0.847. The summed E-state index contributed by atoms with van der Waals surface area (Å²) < 4.78 is 0. The zero-order valence-electron chi connectivity index (χ0n) is 9.44. The normalized spacial score (nSPS) is 11.3. The van der Waals surface area contributed by atoms with Crippen molar-refractivity contribution in [3.05, 3.63) is 49.1 Å². The largest absolute Gasteiger partial charge is 0.361 e. The van der Waals surface area contributed by atoms with Crippen molar-refractivity contribution in [3.8, 4) is 11.3 Å². The van der Waals surface area contributed by atoms with Crippen LogP contribution in [0.15, 0.2) is 43.0 Å². The van der Waals surface area contributed by atoms with E-state index < -0.39 is 0 Å². The Bertz CT molecular complexity index is 841. The van der Waals surface area contributed by atoms with E-state index in [-0.39, 0.29) is 0 Å². The van der Waals surface area contributed by atoms with E-state index in [4.69, 9.17) is 0 Å². The van der Waals surface area contributed by atoms with Crippen molar-refractivity contribution in [1.29, 1.82) is 0 Å². The van der Waals surface area contributed by atoms with Gasteiger partial charge in [-0.05, 0) is 18.2 Å². The molecule has 0 bridgehead atoms. The number of nitrogens with one attached hydrogen (secondary N) is 2. The topological polar surface area (TPSA) is 57.4 Å². The first-order valence-corrected chi connectivity index (χ1v) is 5.70. The maximum Gasteiger partial charge on any atom is 0.137 e. The van der Waals surface area contributed by atoms with Crippen molar-refractivity contribution in [2.45, 2.75) is 0 Å². The minimum Gasteiger partial charge on any atom is -0.361 e. The molecular formula is C14H9N4. The van der Waals surface area contributed by atoms with Crippen LogP contribution in [0.3, 0.4) is 0 Å². The second-order valence-electron chi connectivity index (χ2n) is 4.14. The fourth-order valence-corrected chi connectivity index (χ4v) is 2.19. The molecule has 0 saturated heterocycles. The van der Waals surface area contributed by atoms with Gasteiger partial charge in [0.2, 0.25) is 0 Å². The van der Waals surface area contributed by atoms with Gasteiger partial charge in [-0.3, -0.25) is 4.98 Å². The Morgan fingerprint density at radius 1 is 1.00 bits per heavy atom. The van der Waals surface area contributed by atoms with Crippen molar-refractivity contribution < 1.29 is 0 Å². The van der Waals surface area contributed by atoms with Crippen LogP contribution in [0, 0.1) is 6.07 Å². The molecule has 0 fully saturated rings. The van der Waals surface area contributed by atoms with Crippen molar-refractivity contribution in [3.63, 3.8) is 0 Å². The summed E-state index contributed by atoms with van der Waals surface area (Å²) in [5.41, 5.74) is 3.74. The predicted molar refractivity (Wildman–Crippen MR) is 70.0 cm³/mol. The zero-order valence-corrected chi connectivity index (χ0v) is 9.44. The molecule has 4 aromatic heterocycles. The van der Waals surface area contributed by atoms with Crippen LogP contribution in [-0.4, -0.2) is 19.9 Å². The fourth-order valence-electron chi connectivity index (χ4n) is 2.19. The first-order valence-electron chi connectivity index (χ1n) is 5.70. The SMILES string of the molecule is [c]1c(-c2nccc3[nH]ccc23)cnc2[nH]ccc12.